The molecule has 71 heavy (non-hydrogen) atoms. The highest BCUT2D eigenvalue weighted by Crippen LogP contribution is 2.76. The van der Waals surface area contributed by atoms with Gasteiger partial charge in [0.15, 0.2) is 12.4 Å². The van der Waals surface area contributed by atoms with E-state index in [-0.39, 0.29) is 35.5 Å². The molecule has 3 saturated heterocycles. The average Bonchev–Trinajstić information content (AvgIpc) is 3.29. The summed E-state index contributed by atoms with van der Waals surface area (Å²) in [5.74, 6) is -1.20. The minimum atomic E-state index is -5.32. The molecule has 408 valence electrons. The molecule has 7 fully saturated rings. The number of ether oxygens (including phenoxy) is 5. The van der Waals surface area contributed by atoms with Gasteiger partial charge in [0.2, 0.25) is 12.6 Å². The van der Waals surface area contributed by atoms with Gasteiger partial charge in [-0.05, 0) is 103 Å². The predicted octanol–water partition coefficient (Wildman–Crippen LogP) is -1.63. The first-order valence-electron chi connectivity index (χ1n) is 25.1. The number of aliphatic hydroxyl groups excluding tert-OH is 12. The van der Waals surface area contributed by atoms with Gasteiger partial charge >= 0.3 is 16.4 Å². The number of hydrogen-bond acceptors (Lipinski definition) is 22. The molecule has 22 nitrogen and oxygen atoms in total. The number of carbonyl (C=O) groups is 1. The standard InChI is InChI=1S/C48H78O22S/c1-43(2)14-15-48(42(61)68-39-36(59)33(56)30(53)23(18-49)64-39)22(16-43)21-8-9-27-45(5)12-11-29(44(3,4)26(45)10-13-46(27,6)47(21,7)17-28(48)52)67-41-38(35(58)32(55)25(20-51)66-41)69-71(62,63)70-40-37(60)34(57)31(54)24(19-50)65-40/h8,22-41,49-60H,9-20H2,1-7H3/t22-,23+,24+,25+,26-,27+,28+,29-,30+,31+,32+,33-,34-,35-,36+,37+,38+,39-,40-,41-,45-,46+,47+,48+/m0/s1. The van der Waals surface area contributed by atoms with Crippen LogP contribution in [0.3, 0.4) is 0 Å². The Morgan fingerprint density at radius 3 is 1.77 bits per heavy atom. The van der Waals surface area contributed by atoms with Gasteiger partial charge in [-0.15, -0.1) is 0 Å². The molecule has 8 rings (SSSR count). The number of aliphatic hydroxyl groups is 12. The predicted molar refractivity (Wildman–Crippen MR) is 242 cm³/mol. The van der Waals surface area contributed by atoms with Crippen molar-refractivity contribution in [1.29, 1.82) is 0 Å². The molecule has 3 aliphatic heterocycles. The van der Waals surface area contributed by atoms with Gasteiger partial charge in [0.25, 0.3) is 0 Å². The largest absolute Gasteiger partial charge is 0.432 e. The molecule has 0 bridgehead atoms. The smallest absolute Gasteiger partial charge is 0.403 e. The van der Waals surface area contributed by atoms with E-state index in [1.165, 1.54) is 0 Å². The lowest BCUT2D eigenvalue weighted by molar-refractivity contribution is -0.327. The van der Waals surface area contributed by atoms with Crippen molar-refractivity contribution in [2.75, 3.05) is 19.8 Å². The minimum absolute atomic E-state index is 0.0227. The molecule has 0 spiro atoms. The van der Waals surface area contributed by atoms with Crippen LogP contribution in [0, 0.1) is 50.2 Å². The van der Waals surface area contributed by atoms with E-state index in [9.17, 15) is 74.5 Å². The van der Waals surface area contributed by atoms with E-state index in [1.54, 1.807) is 0 Å². The van der Waals surface area contributed by atoms with Crippen LogP contribution in [0.15, 0.2) is 11.6 Å². The Morgan fingerprint density at radius 1 is 0.634 bits per heavy atom. The van der Waals surface area contributed by atoms with Crippen molar-refractivity contribution in [3.63, 3.8) is 0 Å². The highest BCUT2D eigenvalue weighted by Gasteiger charge is 2.72. The Labute approximate surface area is 414 Å². The highest BCUT2D eigenvalue weighted by atomic mass is 32.3. The molecule has 0 aromatic carbocycles. The number of esters is 1. The molecular formula is C48H78O22S. The first-order chi connectivity index (χ1) is 33.0. The summed E-state index contributed by atoms with van der Waals surface area (Å²) in [6.07, 6.45) is -21.7. The maximum Gasteiger partial charge on any atom is 0.403 e. The van der Waals surface area contributed by atoms with E-state index in [0.29, 0.717) is 44.9 Å². The van der Waals surface area contributed by atoms with Crippen LogP contribution in [0.4, 0.5) is 0 Å². The molecule has 23 heteroatoms. The Bertz CT molecular complexity index is 2090. The van der Waals surface area contributed by atoms with E-state index in [0.717, 1.165) is 5.57 Å². The quantitative estimate of drug-likeness (QED) is 0.0628. The molecule has 24 atom stereocenters. The normalized spacial score (nSPS) is 51.7. The second-order valence-corrected chi connectivity index (χ2v) is 25.2. The van der Waals surface area contributed by atoms with Crippen LogP contribution in [-0.2, 0) is 47.2 Å². The van der Waals surface area contributed by atoms with E-state index in [1.807, 2.05) is 13.8 Å². The van der Waals surface area contributed by atoms with Crippen molar-refractivity contribution >= 4 is 16.4 Å². The summed E-state index contributed by atoms with van der Waals surface area (Å²) in [6, 6.07) is 0. The van der Waals surface area contributed by atoms with Crippen LogP contribution in [0.5, 0.6) is 0 Å². The molecule has 0 amide bonds. The van der Waals surface area contributed by atoms with E-state index >= 15 is 0 Å². The number of rotatable bonds is 11. The number of allylic oxidation sites excluding steroid dienone is 2. The van der Waals surface area contributed by atoms with Crippen LogP contribution in [0.1, 0.15) is 106 Å². The second kappa shape index (κ2) is 19.5. The lowest BCUT2D eigenvalue weighted by atomic mass is 9.33. The number of carbonyl (C=O) groups excluding carboxylic acids is 1. The third-order valence-electron chi connectivity index (χ3n) is 19.5. The third-order valence-corrected chi connectivity index (χ3v) is 20.4. The van der Waals surface area contributed by atoms with Crippen molar-refractivity contribution < 1.29 is 107 Å². The van der Waals surface area contributed by atoms with Gasteiger partial charge in [-0.3, -0.25) is 4.79 Å². The first-order valence-corrected chi connectivity index (χ1v) is 26.4. The molecule has 4 saturated carbocycles. The molecule has 0 unspecified atom stereocenters. The van der Waals surface area contributed by atoms with Gasteiger partial charge in [-0.2, -0.15) is 8.42 Å². The lowest BCUT2D eigenvalue weighted by Crippen LogP contribution is -2.68. The van der Waals surface area contributed by atoms with Crippen molar-refractivity contribution in [2.24, 2.45) is 50.2 Å². The van der Waals surface area contributed by atoms with Gasteiger partial charge in [-0.1, -0.05) is 60.1 Å². The van der Waals surface area contributed by atoms with Crippen molar-refractivity contribution in [2.45, 2.75) is 211 Å². The monoisotopic (exact) mass is 1040 g/mol. The first kappa shape index (κ1) is 55.7. The molecule has 0 radical (unpaired) electrons. The summed E-state index contributed by atoms with van der Waals surface area (Å²) >= 11 is 0. The lowest BCUT2D eigenvalue weighted by Gasteiger charge is -2.71. The summed E-state index contributed by atoms with van der Waals surface area (Å²) in [7, 11) is -5.32. The van der Waals surface area contributed by atoms with E-state index < -0.39 is 168 Å². The highest BCUT2D eigenvalue weighted by molar-refractivity contribution is 7.81. The Kier molecular flexibility index (Phi) is 15.3. The molecule has 0 aromatic rings. The maximum absolute atomic E-state index is 14.7. The van der Waals surface area contributed by atoms with Crippen LogP contribution in [0.25, 0.3) is 0 Å². The van der Waals surface area contributed by atoms with E-state index in [2.05, 4.69) is 40.7 Å². The second-order valence-electron chi connectivity index (χ2n) is 24.0. The fraction of sp³-hybridized carbons (Fsp3) is 0.938. The Hall–Kier alpha value is -1.56. The van der Waals surface area contributed by atoms with Gasteiger partial charge < -0.3 is 85.0 Å². The summed E-state index contributed by atoms with van der Waals surface area (Å²) in [4.78, 5) is 14.7. The average molecular weight is 1040 g/mol. The van der Waals surface area contributed by atoms with Crippen LogP contribution < -0.4 is 0 Å². The zero-order valence-corrected chi connectivity index (χ0v) is 42.3. The minimum Gasteiger partial charge on any atom is -0.432 e. The Morgan fingerprint density at radius 2 is 1.18 bits per heavy atom. The topological polar surface area (TPSA) is 359 Å². The molecular weight excluding hydrogens is 961 g/mol. The van der Waals surface area contributed by atoms with Gasteiger partial charge in [0.1, 0.15) is 72.6 Å². The summed E-state index contributed by atoms with van der Waals surface area (Å²) in [6.45, 7) is 12.8. The zero-order chi connectivity index (χ0) is 52.3. The third kappa shape index (κ3) is 8.98. The zero-order valence-electron chi connectivity index (χ0n) is 41.5. The summed E-state index contributed by atoms with van der Waals surface area (Å²) in [5, 5.41) is 127. The summed E-state index contributed by atoms with van der Waals surface area (Å²) < 4.78 is 66.3. The fourth-order valence-corrected chi connectivity index (χ4v) is 16.1. The number of fused-ring (bicyclic) bond motifs is 7. The van der Waals surface area contributed by atoms with Crippen LogP contribution >= 0.6 is 0 Å². The van der Waals surface area contributed by atoms with Crippen LogP contribution in [-0.4, -0.2) is 200 Å². The van der Waals surface area contributed by atoms with E-state index in [4.69, 9.17) is 32.1 Å². The SMILES string of the molecule is CC1(C)CC[C@]2(C(=O)O[C@@H]3O[C@H](CO)[C@@H](O)[C@H](O)[C@H]3O)[C@H](O)C[C@]3(C)C(=CC[C@@H]4[C@@]5(C)CC[C@H](O[C@@H]6O[C@H](CO)[C@@H](O)[C@H](O)[C@H]6OS(=O)(=O)O[C@@H]6O[C@H](CO)[C@@H](O)[C@H](O)[C@H]6O)C(C)(C)[C@@H]5CC[C@]43C)[C@@H]2C1. The molecule has 5 aliphatic carbocycles. The molecule has 3 heterocycles. The van der Waals surface area contributed by atoms with Crippen LogP contribution in [0.2, 0.25) is 0 Å². The van der Waals surface area contributed by atoms with Crippen molar-refractivity contribution in [3.05, 3.63) is 11.6 Å². The fourth-order valence-electron chi connectivity index (χ4n) is 15.2. The van der Waals surface area contributed by atoms with Crippen molar-refractivity contribution in [1.82, 2.24) is 0 Å². The molecule has 8 aliphatic rings. The van der Waals surface area contributed by atoms with Crippen molar-refractivity contribution in [3.8, 4) is 0 Å². The molecule has 12 N–H and O–H groups in total. The van der Waals surface area contributed by atoms with Gasteiger partial charge in [0.05, 0.1) is 32.0 Å². The maximum atomic E-state index is 14.7. The van der Waals surface area contributed by atoms with Gasteiger partial charge in [0, 0.05) is 0 Å². The Balaban J connectivity index is 1.04. The number of hydrogen-bond donors (Lipinski definition) is 12. The molecule has 0 aromatic heterocycles. The van der Waals surface area contributed by atoms with Gasteiger partial charge in [-0.25, -0.2) is 8.37 Å². The summed E-state index contributed by atoms with van der Waals surface area (Å²) in [5.41, 5.74) is -2.60.